The molecule has 4 heterocycles. The third kappa shape index (κ3) is 5.00. The molecule has 66 heavy (non-hydrogen) atoms. The molecule has 11 aromatic carbocycles. The minimum atomic E-state index is 1.13. The van der Waals surface area contributed by atoms with Gasteiger partial charge in [-0.25, -0.2) is 0 Å². The molecule has 0 atom stereocenters. The third-order valence-corrected chi connectivity index (χ3v) is 16.5. The van der Waals surface area contributed by atoms with Crippen molar-refractivity contribution in [1.82, 2.24) is 9.13 Å². The molecule has 0 saturated heterocycles. The van der Waals surface area contributed by atoms with Crippen molar-refractivity contribution in [3.63, 3.8) is 0 Å². The summed E-state index contributed by atoms with van der Waals surface area (Å²) in [5, 5.41) is 15.4. The Labute approximate surface area is 387 Å². The van der Waals surface area contributed by atoms with Gasteiger partial charge in [-0.05, 0) is 98.4 Å². The van der Waals surface area contributed by atoms with E-state index in [-0.39, 0.29) is 0 Å². The molecule has 0 radical (unpaired) electrons. The predicted molar refractivity (Wildman–Crippen MR) is 287 cm³/mol. The lowest BCUT2D eigenvalue weighted by Crippen LogP contribution is -2.01. The van der Waals surface area contributed by atoms with Crippen LogP contribution in [0.15, 0.2) is 218 Å². The SMILES string of the molecule is c1ccc(-c2c3ccccc3c(-c3cc(-n4c5ccccc5c5c6sc7ccccc7c6ccc54)cc(-n4c5ccccc5c5c6sc7ccccc7c6ccc54)c3)c3ccccc23)cc1. The number of nitrogens with zero attached hydrogens (tertiary/aromatic N) is 2. The summed E-state index contributed by atoms with van der Waals surface area (Å²) in [7, 11) is 0. The van der Waals surface area contributed by atoms with Crippen molar-refractivity contribution in [3.05, 3.63) is 218 Å². The fourth-order valence-corrected chi connectivity index (χ4v) is 13.9. The van der Waals surface area contributed by atoms with Gasteiger partial charge >= 0.3 is 0 Å². The summed E-state index contributed by atoms with van der Waals surface area (Å²) < 4.78 is 10.4. The van der Waals surface area contributed by atoms with Gasteiger partial charge in [-0.2, -0.15) is 0 Å². The molecule has 4 aromatic heterocycles. The zero-order chi connectivity index (χ0) is 43.0. The van der Waals surface area contributed by atoms with Crippen LogP contribution in [-0.2, 0) is 0 Å². The number of hydrogen-bond donors (Lipinski definition) is 0. The molecule has 306 valence electrons. The standard InChI is InChI=1S/C62H36N2S2/c1-2-16-37(17-3-1)57-43-20-4-6-22-45(43)58(46-23-7-5-21-44(46)57)38-34-39(63-51-26-12-8-24-49(51)59-53(63)32-30-47-41-18-10-14-28-55(41)65-61(47)59)36-40(35-38)64-52-27-13-9-25-50(52)60-54(64)33-31-48-42-19-11-15-29-56(42)66-62(48)60/h1-36H. The number of benzene rings is 11. The highest BCUT2D eigenvalue weighted by Crippen LogP contribution is 2.49. The van der Waals surface area contributed by atoms with Gasteiger partial charge in [-0.1, -0.05) is 164 Å². The Morgan fingerprint density at radius 1 is 0.258 bits per heavy atom. The first-order chi connectivity index (χ1) is 32.8. The normalized spacial score (nSPS) is 12.2. The monoisotopic (exact) mass is 872 g/mol. The van der Waals surface area contributed by atoms with Crippen LogP contribution in [0.25, 0.3) is 139 Å². The first-order valence-corrected chi connectivity index (χ1v) is 24.2. The van der Waals surface area contributed by atoms with Gasteiger partial charge in [0.1, 0.15) is 0 Å². The number of hydrogen-bond acceptors (Lipinski definition) is 2. The van der Waals surface area contributed by atoms with E-state index in [9.17, 15) is 0 Å². The average Bonchev–Trinajstić information content (AvgIpc) is 4.13. The van der Waals surface area contributed by atoms with Crippen LogP contribution in [0.3, 0.4) is 0 Å². The van der Waals surface area contributed by atoms with Crippen LogP contribution in [0.4, 0.5) is 0 Å². The number of rotatable bonds is 4. The molecular weight excluding hydrogens is 837 g/mol. The zero-order valence-corrected chi connectivity index (χ0v) is 37.1. The van der Waals surface area contributed by atoms with Crippen molar-refractivity contribution in [2.24, 2.45) is 0 Å². The van der Waals surface area contributed by atoms with E-state index < -0.39 is 0 Å². The number of fused-ring (bicyclic) bond motifs is 16. The Balaban J connectivity index is 1.11. The van der Waals surface area contributed by atoms with Crippen molar-refractivity contribution in [2.45, 2.75) is 0 Å². The van der Waals surface area contributed by atoms with Crippen LogP contribution in [-0.4, -0.2) is 9.13 Å². The van der Waals surface area contributed by atoms with Crippen molar-refractivity contribution < 1.29 is 0 Å². The summed E-state index contributed by atoms with van der Waals surface area (Å²) in [4.78, 5) is 0. The van der Waals surface area contributed by atoms with Gasteiger partial charge in [0.05, 0.1) is 22.1 Å². The maximum absolute atomic E-state index is 2.53. The van der Waals surface area contributed by atoms with E-state index in [0.29, 0.717) is 0 Å². The van der Waals surface area contributed by atoms with Crippen molar-refractivity contribution in [2.75, 3.05) is 0 Å². The smallest absolute Gasteiger partial charge is 0.0555 e. The number of para-hydroxylation sites is 2. The lowest BCUT2D eigenvalue weighted by atomic mass is 9.86. The molecular formula is C62H36N2S2. The van der Waals surface area contributed by atoms with Crippen LogP contribution in [0.1, 0.15) is 0 Å². The maximum atomic E-state index is 2.53. The second-order valence-electron chi connectivity index (χ2n) is 17.5. The van der Waals surface area contributed by atoms with Crippen LogP contribution < -0.4 is 0 Å². The van der Waals surface area contributed by atoms with Gasteiger partial charge in [0.25, 0.3) is 0 Å². The van der Waals surface area contributed by atoms with Crippen molar-refractivity contribution >= 4 is 128 Å². The summed E-state index contributed by atoms with van der Waals surface area (Å²) in [5.74, 6) is 0. The highest BCUT2D eigenvalue weighted by atomic mass is 32.1. The Hall–Kier alpha value is -8.02. The lowest BCUT2D eigenvalue weighted by molar-refractivity contribution is 1.14. The maximum Gasteiger partial charge on any atom is 0.0555 e. The summed E-state index contributed by atoms with van der Waals surface area (Å²) in [6.07, 6.45) is 0. The minimum absolute atomic E-state index is 1.13. The number of thiophene rings is 2. The van der Waals surface area contributed by atoms with Crippen LogP contribution in [0.2, 0.25) is 0 Å². The fourth-order valence-electron chi connectivity index (χ4n) is 11.4. The van der Waals surface area contributed by atoms with Crippen molar-refractivity contribution in [1.29, 1.82) is 0 Å². The molecule has 0 aliphatic rings. The summed E-state index contributed by atoms with van der Waals surface area (Å²) in [6.45, 7) is 0. The van der Waals surface area contributed by atoms with E-state index >= 15 is 0 Å². The topological polar surface area (TPSA) is 9.86 Å². The fraction of sp³-hybridized carbons (Fsp3) is 0. The molecule has 0 saturated carbocycles. The highest BCUT2D eigenvalue weighted by molar-refractivity contribution is 7.27. The van der Waals surface area contributed by atoms with E-state index in [1.165, 1.54) is 128 Å². The molecule has 4 heteroatoms. The molecule has 2 nitrogen and oxygen atoms in total. The molecule has 0 amide bonds. The highest BCUT2D eigenvalue weighted by Gasteiger charge is 2.23. The van der Waals surface area contributed by atoms with Crippen LogP contribution >= 0.6 is 22.7 Å². The molecule has 15 rings (SSSR count). The Morgan fingerprint density at radius 3 is 1.11 bits per heavy atom. The van der Waals surface area contributed by atoms with Crippen LogP contribution in [0, 0.1) is 0 Å². The zero-order valence-electron chi connectivity index (χ0n) is 35.5. The average molecular weight is 873 g/mol. The van der Waals surface area contributed by atoms with Gasteiger partial charge in [-0.3, -0.25) is 0 Å². The van der Waals surface area contributed by atoms with E-state index in [0.717, 1.165) is 11.4 Å². The van der Waals surface area contributed by atoms with Gasteiger partial charge in [0.15, 0.2) is 0 Å². The molecule has 0 N–H and O–H groups in total. The third-order valence-electron chi connectivity index (χ3n) is 14.1. The van der Waals surface area contributed by atoms with Crippen LogP contribution in [0.5, 0.6) is 0 Å². The van der Waals surface area contributed by atoms with E-state index in [4.69, 9.17) is 0 Å². The summed E-state index contributed by atoms with van der Waals surface area (Å²) in [5.41, 5.74) is 12.0. The summed E-state index contributed by atoms with van der Waals surface area (Å²) in [6, 6.07) is 81.4. The molecule has 0 unspecified atom stereocenters. The van der Waals surface area contributed by atoms with Crippen molar-refractivity contribution in [3.8, 4) is 33.6 Å². The lowest BCUT2D eigenvalue weighted by Gasteiger charge is -2.20. The molecule has 0 bridgehead atoms. The molecule has 0 fully saturated rings. The van der Waals surface area contributed by atoms with Gasteiger partial charge in [0, 0.05) is 73.3 Å². The predicted octanol–water partition coefficient (Wildman–Crippen LogP) is 18.3. The molecule has 15 aromatic rings. The summed E-state index contributed by atoms with van der Waals surface area (Å²) >= 11 is 3.81. The first kappa shape index (κ1) is 36.3. The quantitative estimate of drug-likeness (QED) is 0.156. The molecule has 0 aliphatic heterocycles. The second-order valence-corrected chi connectivity index (χ2v) is 19.6. The van der Waals surface area contributed by atoms with Gasteiger partial charge in [0.2, 0.25) is 0 Å². The van der Waals surface area contributed by atoms with Gasteiger partial charge < -0.3 is 9.13 Å². The molecule has 0 spiro atoms. The second kappa shape index (κ2) is 13.7. The number of aromatic nitrogens is 2. The first-order valence-electron chi connectivity index (χ1n) is 22.6. The Morgan fingerprint density at radius 2 is 0.636 bits per heavy atom. The Kier molecular flexibility index (Phi) is 7.57. The Bertz CT molecular complexity index is 4260. The largest absolute Gasteiger partial charge is 0.309 e. The van der Waals surface area contributed by atoms with E-state index in [1.807, 2.05) is 22.7 Å². The van der Waals surface area contributed by atoms with Gasteiger partial charge in [-0.15, -0.1) is 22.7 Å². The molecule has 0 aliphatic carbocycles. The van der Waals surface area contributed by atoms with E-state index in [2.05, 4.69) is 228 Å². The minimum Gasteiger partial charge on any atom is -0.309 e. The van der Waals surface area contributed by atoms with E-state index in [1.54, 1.807) is 0 Å².